The molecule has 2 aromatic carbocycles. The Morgan fingerprint density at radius 2 is 1.75 bits per heavy atom. The molecule has 0 radical (unpaired) electrons. The number of benzene rings is 2. The van der Waals surface area contributed by atoms with E-state index in [0.717, 1.165) is 4.90 Å². The summed E-state index contributed by atoms with van der Waals surface area (Å²) in [7, 11) is 1.27. The van der Waals surface area contributed by atoms with Gasteiger partial charge in [-0.05, 0) is 48.5 Å². The van der Waals surface area contributed by atoms with Gasteiger partial charge >= 0.3 is 12.0 Å². The standard InChI is InChI=1S/C19H16ClN3O5/c1-28-18(26)11-2-6-13(7-3-11)22-16(24)15-10-21-19(27)23(17(15)25)14-8-4-12(20)5-9-14/h2-9,15H,10H2,1H3,(H,21,27)(H,22,24). The predicted molar refractivity (Wildman–Crippen MR) is 102 cm³/mol. The molecule has 3 rings (SSSR count). The zero-order valence-electron chi connectivity index (χ0n) is 14.8. The molecule has 9 heteroatoms. The van der Waals surface area contributed by atoms with Crippen molar-refractivity contribution < 1.29 is 23.9 Å². The number of carbonyl (C=O) groups is 4. The van der Waals surface area contributed by atoms with E-state index < -0.39 is 29.7 Å². The SMILES string of the molecule is COC(=O)c1ccc(NC(=O)C2CNC(=O)N(c3ccc(Cl)cc3)C2=O)cc1. The zero-order valence-corrected chi connectivity index (χ0v) is 15.5. The van der Waals surface area contributed by atoms with Crippen molar-refractivity contribution in [2.45, 2.75) is 0 Å². The fraction of sp³-hybridized carbons (Fsp3) is 0.158. The van der Waals surface area contributed by atoms with E-state index in [1.54, 1.807) is 12.1 Å². The number of urea groups is 1. The molecule has 2 aromatic rings. The number of halogens is 1. The topological polar surface area (TPSA) is 105 Å². The highest BCUT2D eigenvalue weighted by Gasteiger charge is 2.39. The summed E-state index contributed by atoms with van der Waals surface area (Å²) >= 11 is 5.84. The molecule has 28 heavy (non-hydrogen) atoms. The Balaban J connectivity index is 1.74. The molecule has 0 aliphatic carbocycles. The Hall–Kier alpha value is -3.39. The van der Waals surface area contributed by atoms with Crippen molar-refractivity contribution >= 4 is 46.8 Å². The van der Waals surface area contributed by atoms with Crippen molar-refractivity contribution in [1.82, 2.24) is 5.32 Å². The summed E-state index contributed by atoms with van der Waals surface area (Å²) < 4.78 is 4.61. The van der Waals surface area contributed by atoms with Crippen molar-refractivity contribution in [2.75, 3.05) is 23.9 Å². The second-order valence-electron chi connectivity index (χ2n) is 5.95. The van der Waals surface area contributed by atoms with Crippen molar-refractivity contribution in [2.24, 2.45) is 5.92 Å². The lowest BCUT2D eigenvalue weighted by atomic mass is 10.0. The molecular formula is C19H16ClN3O5. The Morgan fingerprint density at radius 3 is 2.36 bits per heavy atom. The number of anilines is 2. The van der Waals surface area contributed by atoms with Gasteiger partial charge < -0.3 is 15.4 Å². The van der Waals surface area contributed by atoms with E-state index in [0.29, 0.717) is 22.0 Å². The van der Waals surface area contributed by atoms with Crippen LogP contribution in [0.5, 0.6) is 0 Å². The number of carbonyl (C=O) groups excluding carboxylic acids is 4. The maximum Gasteiger partial charge on any atom is 0.337 e. The Morgan fingerprint density at radius 1 is 1.11 bits per heavy atom. The minimum absolute atomic E-state index is 0.117. The lowest BCUT2D eigenvalue weighted by Crippen LogP contribution is -2.58. The van der Waals surface area contributed by atoms with Crippen molar-refractivity contribution in [3.05, 3.63) is 59.1 Å². The molecule has 0 bridgehead atoms. The smallest absolute Gasteiger partial charge is 0.337 e. The third kappa shape index (κ3) is 3.96. The van der Waals surface area contributed by atoms with Crippen LogP contribution in [0, 0.1) is 5.92 Å². The molecule has 0 saturated carbocycles. The predicted octanol–water partition coefficient (Wildman–Crippen LogP) is 2.44. The van der Waals surface area contributed by atoms with E-state index in [4.69, 9.17) is 11.6 Å². The maximum absolute atomic E-state index is 12.7. The average Bonchev–Trinajstić information content (AvgIpc) is 2.69. The summed E-state index contributed by atoms with van der Waals surface area (Å²) in [5.41, 5.74) is 1.04. The number of hydrogen-bond donors (Lipinski definition) is 2. The molecule has 1 aliphatic heterocycles. The molecule has 4 amide bonds. The molecule has 2 N–H and O–H groups in total. The number of nitrogens with one attached hydrogen (secondary N) is 2. The lowest BCUT2D eigenvalue weighted by Gasteiger charge is -2.30. The van der Waals surface area contributed by atoms with E-state index in [2.05, 4.69) is 15.4 Å². The number of methoxy groups -OCH3 is 1. The number of esters is 1. The Kier molecular flexibility index (Phi) is 5.60. The number of ether oxygens (including phenoxy) is 1. The molecule has 0 aromatic heterocycles. The second-order valence-corrected chi connectivity index (χ2v) is 6.38. The highest BCUT2D eigenvalue weighted by molar-refractivity contribution is 6.30. The van der Waals surface area contributed by atoms with E-state index in [-0.39, 0.29) is 6.54 Å². The van der Waals surface area contributed by atoms with Gasteiger partial charge in [0.25, 0.3) is 0 Å². The van der Waals surface area contributed by atoms with Crippen molar-refractivity contribution in [1.29, 1.82) is 0 Å². The van der Waals surface area contributed by atoms with E-state index in [9.17, 15) is 19.2 Å². The number of amides is 4. The first-order chi connectivity index (χ1) is 13.4. The summed E-state index contributed by atoms with van der Waals surface area (Å²) in [5, 5.41) is 5.60. The molecule has 1 saturated heterocycles. The Labute approximate surface area is 165 Å². The number of hydrogen-bond acceptors (Lipinski definition) is 5. The first-order valence-electron chi connectivity index (χ1n) is 8.27. The highest BCUT2D eigenvalue weighted by atomic mass is 35.5. The van der Waals surface area contributed by atoms with Crippen LogP contribution >= 0.6 is 11.6 Å². The van der Waals surface area contributed by atoms with Crippen molar-refractivity contribution in [3.8, 4) is 0 Å². The van der Waals surface area contributed by atoms with Crippen LogP contribution in [0.1, 0.15) is 10.4 Å². The van der Waals surface area contributed by atoms with E-state index >= 15 is 0 Å². The first kappa shape index (κ1) is 19.4. The molecular weight excluding hydrogens is 386 g/mol. The van der Waals surface area contributed by atoms with Crippen LogP contribution in [-0.2, 0) is 14.3 Å². The molecule has 1 aliphatic rings. The van der Waals surface area contributed by atoms with Crippen LogP contribution in [0.3, 0.4) is 0 Å². The summed E-state index contributed by atoms with van der Waals surface area (Å²) in [4.78, 5) is 49.8. The number of nitrogens with zero attached hydrogens (tertiary/aromatic N) is 1. The molecule has 144 valence electrons. The van der Waals surface area contributed by atoms with Gasteiger partial charge in [-0.25, -0.2) is 14.5 Å². The summed E-state index contributed by atoms with van der Waals surface area (Å²) in [5.74, 6) is -2.82. The van der Waals surface area contributed by atoms with Gasteiger partial charge in [-0.15, -0.1) is 0 Å². The van der Waals surface area contributed by atoms with Crippen LogP contribution in [0.25, 0.3) is 0 Å². The fourth-order valence-electron chi connectivity index (χ4n) is 2.69. The fourth-order valence-corrected chi connectivity index (χ4v) is 2.81. The van der Waals surface area contributed by atoms with Crippen molar-refractivity contribution in [3.63, 3.8) is 0 Å². The monoisotopic (exact) mass is 401 g/mol. The van der Waals surface area contributed by atoms with Gasteiger partial charge in [-0.2, -0.15) is 0 Å². The molecule has 1 atom stereocenters. The van der Waals surface area contributed by atoms with E-state index in [1.807, 2.05) is 0 Å². The van der Waals surface area contributed by atoms with Gasteiger partial charge in [0.05, 0.1) is 18.4 Å². The molecule has 8 nitrogen and oxygen atoms in total. The third-order valence-electron chi connectivity index (χ3n) is 4.15. The van der Waals surface area contributed by atoms with Gasteiger partial charge in [-0.3, -0.25) is 9.59 Å². The molecule has 0 spiro atoms. The van der Waals surface area contributed by atoms with Gasteiger partial charge in [0.2, 0.25) is 11.8 Å². The van der Waals surface area contributed by atoms with Gasteiger partial charge in [-0.1, -0.05) is 11.6 Å². The van der Waals surface area contributed by atoms with Crippen LogP contribution in [0.2, 0.25) is 5.02 Å². The quantitative estimate of drug-likeness (QED) is 0.604. The number of rotatable bonds is 4. The van der Waals surface area contributed by atoms with Crippen LogP contribution < -0.4 is 15.5 Å². The maximum atomic E-state index is 12.7. The molecule has 1 heterocycles. The minimum atomic E-state index is -1.10. The normalized spacial score (nSPS) is 16.4. The summed E-state index contributed by atoms with van der Waals surface area (Å²) in [6.07, 6.45) is 0. The van der Waals surface area contributed by atoms with Gasteiger partial charge in [0.1, 0.15) is 5.92 Å². The lowest BCUT2D eigenvalue weighted by molar-refractivity contribution is -0.130. The van der Waals surface area contributed by atoms with Gasteiger partial charge in [0.15, 0.2) is 0 Å². The second kappa shape index (κ2) is 8.10. The van der Waals surface area contributed by atoms with Crippen LogP contribution in [0.4, 0.5) is 16.2 Å². The first-order valence-corrected chi connectivity index (χ1v) is 8.65. The third-order valence-corrected chi connectivity index (χ3v) is 4.41. The summed E-state index contributed by atoms with van der Waals surface area (Å²) in [6.45, 7) is -0.117. The van der Waals surface area contributed by atoms with Gasteiger partial charge in [0, 0.05) is 17.3 Å². The average molecular weight is 402 g/mol. The van der Waals surface area contributed by atoms with E-state index in [1.165, 1.54) is 43.5 Å². The highest BCUT2D eigenvalue weighted by Crippen LogP contribution is 2.23. The van der Waals surface area contributed by atoms with Crippen LogP contribution in [-0.4, -0.2) is 37.5 Å². The Bertz CT molecular complexity index is 928. The zero-order chi connectivity index (χ0) is 20.3. The molecule has 1 fully saturated rings. The summed E-state index contributed by atoms with van der Waals surface area (Å²) in [6, 6.07) is 11.5. The molecule has 1 unspecified atom stereocenters. The minimum Gasteiger partial charge on any atom is -0.465 e. The van der Waals surface area contributed by atoms with Crippen LogP contribution in [0.15, 0.2) is 48.5 Å². The number of imide groups is 1. The largest absolute Gasteiger partial charge is 0.465 e.